The van der Waals surface area contributed by atoms with Gasteiger partial charge in [0.1, 0.15) is 5.01 Å². The summed E-state index contributed by atoms with van der Waals surface area (Å²) in [5, 5.41) is 0.896. The first-order valence-electron chi connectivity index (χ1n) is 4.23. The molecule has 0 amide bonds. The molecule has 0 spiro atoms. The smallest absolute Gasteiger partial charge is 0.212 e. The van der Waals surface area contributed by atoms with Gasteiger partial charge in [0.15, 0.2) is 0 Å². The second-order valence-electron chi connectivity index (χ2n) is 3.03. The molecule has 0 aliphatic carbocycles. The van der Waals surface area contributed by atoms with Gasteiger partial charge in [-0.2, -0.15) is 4.39 Å². The molecule has 2 aromatic heterocycles. The number of aromatic nitrogens is 2. The van der Waals surface area contributed by atoms with E-state index in [4.69, 9.17) is 0 Å². The van der Waals surface area contributed by atoms with Crippen LogP contribution in [0.1, 0.15) is 10.6 Å². The van der Waals surface area contributed by atoms with Crippen LogP contribution < -0.4 is 0 Å². The van der Waals surface area contributed by atoms with Gasteiger partial charge in [-0.15, -0.1) is 11.3 Å². The molecule has 2 aromatic rings. The molecule has 0 fully saturated rings. The van der Waals surface area contributed by atoms with Crippen LogP contribution in [0.5, 0.6) is 0 Å². The molecule has 2 heterocycles. The van der Waals surface area contributed by atoms with Crippen LogP contribution in [0.25, 0.3) is 10.6 Å². The topological polar surface area (TPSA) is 25.8 Å². The van der Waals surface area contributed by atoms with Crippen LogP contribution in [-0.4, -0.2) is 9.97 Å². The third-order valence-corrected chi connectivity index (χ3v) is 3.12. The molecule has 0 atom stereocenters. The summed E-state index contributed by atoms with van der Waals surface area (Å²) in [6.07, 6.45) is 1.51. The summed E-state index contributed by atoms with van der Waals surface area (Å²) in [6, 6.07) is 3.04. The highest BCUT2D eigenvalue weighted by Crippen LogP contribution is 2.26. The number of rotatable bonds is 1. The van der Waals surface area contributed by atoms with Crippen molar-refractivity contribution >= 4 is 11.3 Å². The van der Waals surface area contributed by atoms with E-state index in [1.165, 1.54) is 17.1 Å². The highest BCUT2D eigenvalue weighted by Gasteiger charge is 2.06. The molecule has 0 aliphatic heterocycles. The normalized spacial score (nSPS) is 10.5. The third-order valence-electron chi connectivity index (χ3n) is 2.00. The maximum Gasteiger partial charge on any atom is 0.212 e. The number of aryl methyl sites for hydroxylation is 2. The van der Waals surface area contributed by atoms with Crippen LogP contribution in [0.15, 0.2) is 18.3 Å². The van der Waals surface area contributed by atoms with Crippen molar-refractivity contribution in [3.8, 4) is 10.6 Å². The molecule has 14 heavy (non-hydrogen) atoms. The van der Waals surface area contributed by atoms with E-state index < -0.39 is 5.95 Å². The lowest BCUT2D eigenvalue weighted by atomic mass is 10.3. The number of thiazole rings is 1. The van der Waals surface area contributed by atoms with E-state index >= 15 is 0 Å². The fourth-order valence-corrected chi connectivity index (χ4v) is 2.00. The van der Waals surface area contributed by atoms with E-state index in [1.807, 2.05) is 13.8 Å². The van der Waals surface area contributed by atoms with Crippen molar-refractivity contribution in [2.45, 2.75) is 13.8 Å². The minimum Gasteiger partial charge on any atom is -0.241 e. The van der Waals surface area contributed by atoms with Gasteiger partial charge in [-0.05, 0) is 26.0 Å². The number of hydrogen-bond donors (Lipinski definition) is 0. The van der Waals surface area contributed by atoms with E-state index in [0.29, 0.717) is 0 Å². The molecule has 0 aromatic carbocycles. The molecule has 0 N–H and O–H groups in total. The Morgan fingerprint density at radius 2 is 2.07 bits per heavy atom. The monoisotopic (exact) mass is 208 g/mol. The summed E-state index contributed by atoms with van der Waals surface area (Å²) in [5.74, 6) is -0.459. The lowest BCUT2D eigenvalue weighted by molar-refractivity contribution is 0.584. The number of hydrogen-bond acceptors (Lipinski definition) is 3. The van der Waals surface area contributed by atoms with Gasteiger partial charge in [-0.3, -0.25) is 0 Å². The van der Waals surface area contributed by atoms with Crippen molar-refractivity contribution in [2.24, 2.45) is 0 Å². The van der Waals surface area contributed by atoms with E-state index in [0.717, 1.165) is 16.3 Å². The summed E-state index contributed by atoms with van der Waals surface area (Å²) >= 11 is 1.60. The lowest BCUT2D eigenvalue weighted by Gasteiger charge is -1.93. The van der Waals surface area contributed by atoms with Crippen LogP contribution in [-0.2, 0) is 0 Å². The summed E-state index contributed by atoms with van der Waals surface area (Å²) in [4.78, 5) is 9.15. The Labute approximate surface area is 85.5 Å². The average molecular weight is 208 g/mol. The molecule has 0 bridgehead atoms. The second kappa shape index (κ2) is 3.46. The molecule has 0 saturated carbocycles. The predicted molar refractivity (Wildman–Crippen MR) is 54.8 cm³/mol. The Bertz CT molecular complexity index is 428. The number of pyridine rings is 1. The first-order chi connectivity index (χ1) is 6.66. The molecule has 0 unspecified atom stereocenters. The van der Waals surface area contributed by atoms with Crippen LogP contribution in [0.3, 0.4) is 0 Å². The zero-order chi connectivity index (χ0) is 10.1. The van der Waals surface area contributed by atoms with Gasteiger partial charge < -0.3 is 0 Å². The molecule has 4 heteroatoms. The van der Waals surface area contributed by atoms with Crippen LogP contribution in [0.2, 0.25) is 0 Å². The SMILES string of the molecule is Cc1nc(-c2ccc(F)nc2)sc1C. The van der Waals surface area contributed by atoms with Gasteiger partial charge in [0.2, 0.25) is 5.95 Å². The van der Waals surface area contributed by atoms with Gasteiger partial charge >= 0.3 is 0 Å². The molecular formula is C10H9FN2S. The van der Waals surface area contributed by atoms with Crippen molar-refractivity contribution in [3.05, 3.63) is 34.8 Å². The second-order valence-corrected chi connectivity index (χ2v) is 4.23. The van der Waals surface area contributed by atoms with Gasteiger partial charge in [0.25, 0.3) is 0 Å². The number of halogens is 1. The van der Waals surface area contributed by atoms with Crippen molar-refractivity contribution in [2.75, 3.05) is 0 Å². The Morgan fingerprint density at radius 1 is 1.29 bits per heavy atom. The summed E-state index contributed by atoms with van der Waals surface area (Å²) in [5.41, 5.74) is 1.89. The lowest BCUT2D eigenvalue weighted by Crippen LogP contribution is -1.82. The highest BCUT2D eigenvalue weighted by atomic mass is 32.1. The standard InChI is InChI=1S/C10H9FN2S/c1-6-7(2)14-10(13-6)8-3-4-9(11)12-5-8/h3-5H,1-2H3. The predicted octanol–water partition coefficient (Wildman–Crippen LogP) is 2.96. The van der Waals surface area contributed by atoms with Gasteiger partial charge in [0, 0.05) is 16.6 Å². The van der Waals surface area contributed by atoms with E-state index in [9.17, 15) is 4.39 Å². The van der Waals surface area contributed by atoms with Crippen LogP contribution in [0.4, 0.5) is 4.39 Å². The molecule has 2 rings (SSSR count). The zero-order valence-electron chi connectivity index (χ0n) is 7.91. The highest BCUT2D eigenvalue weighted by molar-refractivity contribution is 7.15. The quantitative estimate of drug-likeness (QED) is 0.673. The summed E-state index contributed by atoms with van der Waals surface area (Å²) < 4.78 is 12.6. The maximum absolute atomic E-state index is 12.6. The molecular weight excluding hydrogens is 199 g/mol. The first kappa shape index (κ1) is 9.27. The molecule has 2 nitrogen and oxygen atoms in total. The summed E-state index contributed by atoms with van der Waals surface area (Å²) in [6.45, 7) is 3.99. The van der Waals surface area contributed by atoms with E-state index in [1.54, 1.807) is 17.4 Å². The van der Waals surface area contributed by atoms with Gasteiger partial charge in [-0.1, -0.05) is 0 Å². The average Bonchev–Trinajstić information content (AvgIpc) is 2.48. The molecule has 0 saturated heterocycles. The third kappa shape index (κ3) is 1.65. The fraction of sp³-hybridized carbons (Fsp3) is 0.200. The Balaban J connectivity index is 2.44. The van der Waals surface area contributed by atoms with Crippen LogP contribution >= 0.6 is 11.3 Å². The Morgan fingerprint density at radius 3 is 2.57 bits per heavy atom. The minimum atomic E-state index is -0.459. The zero-order valence-corrected chi connectivity index (χ0v) is 8.73. The van der Waals surface area contributed by atoms with Crippen LogP contribution in [0, 0.1) is 19.8 Å². The van der Waals surface area contributed by atoms with Gasteiger partial charge in [-0.25, -0.2) is 9.97 Å². The van der Waals surface area contributed by atoms with Crippen molar-refractivity contribution < 1.29 is 4.39 Å². The summed E-state index contributed by atoms with van der Waals surface area (Å²) in [7, 11) is 0. The Hall–Kier alpha value is -1.29. The maximum atomic E-state index is 12.6. The largest absolute Gasteiger partial charge is 0.241 e. The minimum absolute atomic E-state index is 0.459. The van der Waals surface area contributed by atoms with Crippen molar-refractivity contribution in [1.29, 1.82) is 0 Å². The van der Waals surface area contributed by atoms with E-state index in [2.05, 4.69) is 9.97 Å². The first-order valence-corrected chi connectivity index (χ1v) is 5.04. The Kier molecular flexibility index (Phi) is 2.29. The molecule has 72 valence electrons. The molecule has 0 aliphatic rings. The van der Waals surface area contributed by atoms with E-state index in [-0.39, 0.29) is 0 Å². The van der Waals surface area contributed by atoms with Crippen molar-refractivity contribution in [3.63, 3.8) is 0 Å². The molecule has 0 radical (unpaired) electrons. The number of nitrogens with zero attached hydrogens (tertiary/aromatic N) is 2. The van der Waals surface area contributed by atoms with Gasteiger partial charge in [0.05, 0.1) is 5.69 Å². The van der Waals surface area contributed by atoms with Crippen molar-refractivity contribution in [1.82, 2.24) is 9.97 Å². The fourth-order valence-electron chi connectivity index (χ4n) is 1.10.